The third-order valence-electron chi connectivity index (χ3n) is 6.77. The zero-order chi connectivity index (χ0) is 27.1. The summed E-state index contributed by atoms with van der Waals surface area (Å²) in [4.78, 5) is 31.9. The second kappa shape index (κ2) is 12.7. The summed E-state index contributed by atoms with van der Waals surface area (Å²) in [5.74, 6) is 1.03. The van der Waals surface area contributed by atoms with Gasteiger partial charge >= 0.3 is 0 Å². The van der Waals surface area contributed by atoms with E-state index in [1.165, 1.54) is 0 Å². The lowest BCUT2D eigenvalue weighted by Gasteiger charge is -2.43. The van der Waals surface area contributed by atoms with E-state index in [4.69, 9.17) is 30.5 Å². The summed E-state index contributed by atoms with van der Waals surface area (Å²) in [5, 5.41) is 0.649. The van der Waals surface area contributed by atoms with Crippen molar-refractivity contribution in [3.05, 3.63) is 53.1 Å². The molecule has 1 atom stereocenters. The number of hydrogen-bond acceptors (Lipinski definition) is 7. The number of benzene rings is 2. The van der Waals surface area contributed by atoms with E-state index in [0.717, 1.165) is 11.3 Å². The molecule has 2 aromatic carbocycles. The molecule has 0 aromatic heterocycles. The van der Waals surface area contributed by atoms with Gasteiger partial charge in [0.05, 0.1) is 32.8 Å². The van der Waals surface area contributed by atoms with Gasteiger partial charge in [0.2, 0.25) is 5.91 Å². The van der Waals surface area contributed by atoms with Crippen molar-refractivity contribution in [3.63, 3.8) is 0 Å². The van der Waals surface area contributed by atoms with Crippen molar-refractivity contribution in [2.75, 3.05) is 78.2 Å². The highest BCUT2D eigenvalue weighted by Gasteiger charge is 2.42. The number of halogens is 1. The minimum Gasteiger partial charge on any atom is -0.490 e. The maximum Gasteiger partial charge on any atom is 0.260 e. The molecular formula is C28H36ClN3O6. The number of carbonyl (C=O) groups is 2. The summed E-state index contributed by atoms with van der Waals surface area (Å²) in [5.41, 5.74) is 0.873. The standard InChI is InChI=1S/C28H36ClN3O6/c1-21-15-24(7-8-25(21)29)37-20-28(17-26(33)31-9-12-35-13-10-31)19-32(11-14-38-28)27(34)18-36-23-6-4-5-22(16-23)30(2)3/h4-8,15-16H,9-14,17-20H2,1-3H3/t28-/m1/s1. The fraction of sp³-hybridized carbons (Fsp3) is 0.500. The second-order valence-corrected chi connectivity index (χ2v) is 10.3. The van der Waals surface area contributed by atoms with E-state index in [2.05, 4.69) is 0 Å². The molecule has 0 radical (unpaired) electrons. The van der Waals surface area contributed by atoms with Gasteiger partial charge < -0.3 is 33.6 Å². The summed E-state index contributed by atoms with van der Waals surface area (Å²) in [6.07, 6.45) is 0.0924. The zero-order valence-corrected chi connectivity index (χ0v) is 23.0. The van der Waals surface area contributed by atoms with E-state index >= 15 is 0 Å². The highest BCUT2D eigenvalue weighted by atomic mass is 35.5. The number of rotatable bonds is 9. The summed E-state index contributed by atoms with van der Waals surface area (Å²) >= 11 is 6.16. The van der Waals surface area contributed by atoms with Crippen molar-refractivity contribution in [2.24, 2.45) is 0 Å². The van der Waals surface area contributed by atoms with Crippen molar-refractivity contribution < 1.29 is 28.5 Å². The molecule has 2 saturated heterocycles. The summed E-state index contributed by atoms with van der Waals surface area (Å²) in [6.45, 7) is 4.92. The molecule has 4 rings (SSSR count). The van der Waals surface area contributed by atoms with Gasteiger partial charge in [0.15, 0.2) is 6.61 Å². The zero-order valence-electron chi connectivity index (χ0n) is 22.3. The number of aryl methyl sites for hydroxylation is 1. The average molecular weight is 546 g/mol. The fourth-order valence-corrected chi connectivity index (χ4v) is 4.63. The first-order valence-corrected chi connectivity index (χ1v) is 13.2. The van der Waals surface area contributed by atoms with Crippen LogP contribution in [0, 0.1) is 6.92 Å². The maximum atomic E-state index is 13.2. The monoisotopic (exact) mass is 545 g/mol. The minimum atomic E-state index is -0.998. The molecule has 0 unspecified atom stereocenters. The molecule has 0 N–H and O–H groups in total. The Labute approximate surface area is 229 Å². The molecule has 38 heavy (non-hydrogen) atoms. The Morgan fingerprint density at radius 2 is 1.71 bits per heavy atom. The van der Waals surface area contributed by atoms with Gasteiger partial charge in [-0.05, 0) is 42.8 Å². The first kappa shape index (κ1) is 28.0. The van der Waals surface area contributed by atoms with E-state index in [-0.39, 0.29) is 38.0 Å². The van der Waals surface area contributed by atoms with E-state index < -0.39 is 5.60 Å². The lowest BCUT2D eigenvalue weighted by atomic mass is 9.96. The first-order chi connectivity index (χ1) is 18.2. The third kappa shape index (κ3) is 7.30. The molecule has 206 valence electrons. The van der Waals surface area contributed by atoms with Gasteiger partial charge in [-0.25, -0.2) is 0 Å². The van der Waals surface area contributed by atoms with Gasteiger partial charge in [-0.2, -0.15) is 0 Å². The quantitative estimate of drug-likeness (QED) is 0.479. The van der Waals surface area contributed by atoms with Crippen molar-refractivity contribution in [1.82, 2.24) is 9.80 Å². The predicted molar refractivity (Wildman–Crippen MR) is 145 cm³/mol. The van der Waals surface area contributed by atoms with Gasteiger partial charge in [-0.1, -0.05) is 17.7 Å². The number of carbonyl (C=O) groups excluding carboxylic acids is 2. The van der Waals surface area contributed by atoms with E-state index in [0.29, 0.717) is 56.0 Å². The van der Waals surface area contributed by atoms with Crippen LogP contribution in [0.3, 0.4) is 0 Å². The molecule has 2 aromatic rings. The largest absolute Gasteiger partial charge is 0.490 e. The van der Waals surface area contributed by atoms with Crippen LogP contribution in [0.5, 0.6) is 11.5 Å². The maximum absolute atomic E-state index is 13.2. The molecule has 9 nitrogen and oxygen atoms in total. The molecule has 0 bridgehead atoms. The van der Waals surface area contributed by atoms with Crippen LogP contribution in [0.1, 0.15) is 12.0 Å². The van der Waals surface area contributed by atoms with Crippen molar-refractivity contribution in [1.29, 1.82) is 0 Å². The second-order valence-electron chi connectivity index (χ2n) is 9.90. The highest BCUT2D eigenvalue weighted by molar-refractivity contribution is 6.31. The van der Waals surface area contributed by atoms with Gasteiger partial charge in [-0.3, -0.25) is 9.59 Å². The summed E-state index contributed by atoms with van der Waals surface area (Å²) in [6, 6.07) is 13.0. The van der Waals surface area contributed by atoms with E-state index in [1.54, 1.807) is 21.9 Å². The number of nitrogens with zero attached hydrogens (tertiary/aromatic N) is 3. The van der Waals surface area contributed by atoms with E-state index in [9.17, 15) is 9.59 Å². The topological polar surface area (TPSA) is 80.8 Å². The van der Waals surface area contributed by atoms with Crippen LogP contribution in [0.2, 0.25) is 5.02 Å². The molecule has 0 spiro atoms. The smallest absolute Gasteiger partial charge is 0.260 e. The Balaban J connectivity index is 1.45. The SMILES string of the molecule is Cc1cc(OC[C@@]2(CC(=O)N3CCOCC3)CN(C(=O)COc3cccc(N(C)C)c3)CCO2)ccc1Cl. The Hall–Kier alpha value is -3.01. The fourth-order valence-electron chi connectivity index (χ4n) is 4.51. The molecule has 0 saturated carbocycles. The lowest BCUT2D eigenvalue weighted by Crippen LogP contribution is -2.59. The summed E-state index contributed by atoms with van der Waals surface area (Å²) in [7, 11) is 3.90. The number of anilines is 1. The van der Waals surface area contributed by atoms with Crippen LogP contribution in [0.25, 0.3) is 0 Å². The molecule has 0 aliphatic carbocycles. The number of morpholine rings is 2. The summed E-state index contributed by atoms with van der Waals surface area (Å²) < 4.78 is 23.5. The number of amides is 2. The molecular weight excluding hydrogens is 510 g/mol. The molecule has 2 aliphatic heterocycles. The Morgan fingerprint density at radius 1 is 0.974 bits per heavy atom. The number of ether oxygens (including phenoxy) is 4. The van der Waals surface area contributed by atoms with Crippen LogP contribution in [0.15, 0.2) is 42.5 Å². The number of hydrogen-bond donors (Lipinski definition) is 0. The first-order valence-electron chi connectivity index (χ1n) is 12.8. The molecule has 2 amide bonds. The van der Waals surface area contributed by atoms with Gasteiger partial charge in [0, 0.05) is 50.5 Å². The van der Waals surface area contributed by atoms with Crippen LogP contribution in [-0.4, -0.2) is 101 Å². The van der Waals surface area contributed by atoms with Crippen LogP contribution in [0.4, 0.5) is 5.69 Å². The minimum absolute atomic E-state index is 0.0461. The van der Waals surface area contributed by atoms with E-state index in [1.807, 2.05) is 56.3 Å². The highest BCUT2D eigenvalue weighted by Crippen LogP contribution is 2.28. The Bertz CT molecular complexity index is 1120. The Kier molecular flexibility index (Phi) is 9.35. The van der Waals surface area contributed by atoms with Crippen molar-refractivity contribution >= 4 is 29.1 Å². The predicted octanol–water partition coefficient (Wildman–Crippen LogP) is 3.02. The van der Waals surface area contributed by atoms with Gasteiger partial charge in [0.1, 0.15) is 23.7 Å². The molecule has 10 heteroatoms. The van der Waals surface area contributed by atoms with Gasteiger partial charge in [0.25, 0.3) is 5.91 Å². The normalized spacial score (nSPS) is 19.7. The van der Waals surface area contributed by atoms with Crippen molar-refractivity contribution in [3.8, 4) is 11.5 Å². The molecule has 2 heterocycles. The molecule has 2 fully saturated rings. The van der Waals surface area contributed by atoms with Crippen LogP contribution in [-0.2, 0) is 19.1 Å². The van der Waals surface area contributed by atoms with Crippen LogP contribution < -0.4 is 14.4 Å². The van der Waals surface area contributed by atoms with Crippen molar-refractivity contribution in [2.45, 2.75) is 18.9 Å². The average Bonchev–Trinajstić information content (AvgIpc) is 2.93. The Morgan fingerprint density at radius 3 is 2.45 bits per heavy atom. The van der Waals surface area contributed by atoms with Crippen LogP contribution >= 0.6 is 11.6 Å². The lowest BCUT2D eigenvalue weighted by molar-refractivity contribution is -0.168. The third-order valence-corrected chi connectivity index (χ3v) is 7.19. The molecule has 2 aliphatic rings. The van der Waals surface area contributed by atoms with Gasteiger partial charge in [-0.15, -0.1) is 0 Å².